The minimum atomic E-state index is 0. The number of hydrogen-bond acceptors (Lipinski definition) is 0. The molecule has 0 aromatic heterocycles. The smallest absolute Gasteiger partial charge is 0 e. The van der Waals surface area contributed by atoms with Crippen LogP contribution >= 0.6 is 0 Å². The van der Waals surface area contributed by atoms with Gasteiger partial charge in [-0.15, -0.1) is 0 Å². The molecule has 0 heterocycles. The van der Waals surface area contributed by atoms with Crippen LogP contribution in [0.15, 0.2) is 0 Å². The second kappa shape index (κ2) is 36.6. The first-order valence-corrected chi connectivity index (χ1v) is 0. The summed E-state index contributed by atoms with van der Waals surface area (Å²) in [6, 6.07) is 0. The van der Waals surface area contributed by atoms with Crippen LogP contribution in [0.2, 0.25) is 0 Å². The Morgan fingerprint density at radius 1 is 1.00 bits per heavy atom. The average Bonchev–Trinajstić information content (AvgIpc) is 0. The van der Waals surface area contributed by atoms with E-state index in [9.17, 15) is 0 Å². The van der Waals surface area contributed by atoms with Crippen LogP contribution in [0.25, 0.3) is 0 Å². The van der Waals surface area contributed by atoms with E-state index in [0.29, 0.717) is 0 Å². The van der Waals surface area contributed by atoms with E-state index in [2.05, 4.69) is 0 Å². The molecule has 0 aromatic carbocycles. The molecule has 0 aliphatic rings. The van der Waals surface area contributed by atoms with E-state index in [4.69, 9.17) is 0 Å². The predicted molar refractivity (Wildman–Crippen MR) is 0 cm³/mol. The van der Waals surface area contributed by atoms with Crippen LogP contribution in [0.4, 0.5) is 0 Å². The SMILES string of the molecule is [Fe].[Mo].[Ni].[Ti].[V].[Zr]. The summed E-state index contributed by atoms with van der Waals surface area (Å²) < 4.78 is 0. The summed E-state index contributed by atoms with van der Waals surface area (Å²) in [5.74, 6) is 0. The minimum absolute atomic E-state index is 0. The molecular formula is FeMoNiTiVZr. The molecule has 0 aliphatic carbocycles. The fourth-order valence-corrected chi connectivity index (χ4v) is 0. The van der Waals surface area contributed by atoms with Gasteiger partial charge in [0.25, 0.3) is 0 Å². The monoisotopic (exact) mass is 401 g/mol. The maximum Gasteiger partial charge on any atom is 0 e. The molecule has 0 spiro atoms. The second-order valence-corrected chi connectivity index (χ2v) is 0. The summed E-state index contributed by atoms with van der Waals surface area (Å²) in [6.45, 7) is 0. The molecule has 0 aliphatic heterocycles. The molecule has 0 N–H and O–H groups in total. The van der Waals surface area contributed by atoms with Crippen molar-refractivity contribution in [2.45, 2.75) is 0 Å². The van der Waals surface area contributed by atoms with E-state index >= 15 is 0 Å². The Balaban J connectivity index is 0. The van der Waals surface area contributed by atoms with Crippen molar-refractivity contribution in [3.05, 3.63) is 0 Å². The van der Waals surface area contributed by atoms with Crippen LogP contribution in [0, 0.1) is 0 Å². The zero-order chi connectivity index (χ0) is 0. The Morgan fingerprint density at radius 2 is 1.00 bits per heavy atom. The Bertz CT molecular complexity index is 15.5. The summed E-state index contributed by atoms with van der Waals surface area (Å²) >= 11 is 0. The predicted octanol–water partition coefficient (Wildman–Crippen LogP) is -0.0150. The molecule has 0 atom stereocenters. The summed E-state index contributed by atoms with van der Waals surface area (Å²) in [4.78, 5) is 0. The van der Waals surface area contributed by atoms with Crippen molar-refractivity contribution < 1.29 is 121 Å². The van der Waals surface area contributed by atoms with E-state index in [0.717, 1.165) is 0 Å². The quantitative estimate of drug-likeness (QED) is 0.502. The van der Waals surface area contributed by atoms with Gasteiger partial charge in [0.1, 0.15) is 0 Å². The zero-order valence-electron chi connectivity index (χ0n) is 2.53. The largest absolute Gasteiger partial charge is 0 e. The molecule has 0 fully saturated rings. The van der Waals surface area contributed by atoms with E-state index in [1.165, 1.54) is 0 Å². The molecule has 6 heteroatoms. The third kappa shape index (κ3) is 24.8. The Hall–Kier alpha value is 3.88. The Labute approximate surface area is 119 Å². The van der Waals surface area contributed by atoms with Crippen molar-refractivity contribution >= 4 is 0 Å². The fourth-order valence-electron chi connectivity index (χ4n) is 0. The molecule has 0 nitrogen and oxygen atoms in total. The van der Waals surface area contributed by atoms with Gasteiger partial charge >= 0.3 is 0 Å². The first-order chi connectivity index (χ1) is 0. The molecule has 1 radical (unpaired) electrons. The van der Waals surface area contributed by atoms with Crippen LogP contribution in [-0.2, 0) is 121 Å². The molecule has 0 saturated heterocycles. The van der Waals surface area contributed by atoms with Gasteiger partial charge < -0.3 is 0 Å². The van der Waals surface area contributed by atoms with Crippen molar-refractivity contribution in [3.8, 4) is 0 Å². The van der Waals surface area contributed by atoms with Gasteiger partial charge in [-0.3, -0.25) is 0 Å². The molecule has 0 saturated carbocycles. The van der Waals surface area contributed by atoms with Gasteiger partial charge in [-0.2, -0.15) is 0 Å². The van der Waals surface area contributed by atoms with Crippen molar-refractivity contribution in [1.82, 2.24) is 0 Å². The molecule has 0 aromatic rings. The van der Waals surface area contributed by atoms with Crippen LogP contribution in [-0.4, -0.2) is 0 Å². The van der Waals surface area contributed by atoms with E-state index < -0.39 is 0 Å². The van der Waals surface area contributed by atoms with E-state index in [-0.39, 0.29) is 121 Å². The summed E-state index contributed by atoms with van der Waals surface area (Å²) in [5.41, 5.74) is 0. The maximum absolute atomic E-state index is 0. The van der Waals surface area contributed by atoms with Gasteiger partial charge in [-0.05, 0) is 0 Å². The van der Waals surface area contributed by atoms with Crippen molar-refractivity contribution in [3.63, 3.8) is 0 Å². The fraction of sp³-hybridized carbons (Fsp3) is 0. The number of hydrogen-bond donors (Lipinski definition) is 0. The van der Waals surface area contributed by atoms with Gasteiger partial charge in [-0.1, -0.05) is 0 Å². The summed E-state index contributed by atoms with van der Waals surface area (Å²) in [5, 5.41) is 0. The molecule has 6 heavy (non-hydrogen) atoms. The van der Waals surface area contributed by atoms with Crippen LogP contribution in [0.5, 0.6) is 0 Å². The summed E-state index contributed by atoms with van der Waals surface area (Å²) in [6.07, 6.45) is 0. The van der Waals surface area contributed by atoms with Crippen molar-refractivity contribution in [2.75, 3.05) is 0 Å². The number of rotatable bonds is 0. The third-order valence-electron chi connectivity index (χ3n) is 0. The molecular weight excluding hydrogens is 401 g/mol. The third-order valence-corrected chi connectivity index (χ3v) is 0. The Morgan fingerprint density at radius 3 is 1.00 bits per heavy atom. The standard InChI is InChI=1S/Fe.Mo.Ni.Ti.V.Zr. The topological polar surface area (TPSA) is 0 Å². The Kier molecular flexibility index (Phi) is 316. The van der Waals surface area contributed by atoms with Crippen LogP contribution in [0.3, 0.4) is 0 Å². The van der Waals surface area contributed by atoms with Crippen LogP contribution < -0.4 is 0 Å². The molecule has 0 unspecified atom stereocenters. The molecule has 0 rings (SSSR count). The van der Waals surface area contributed by atoms with Gasteiger partial charge in [0.2, 0.25) is 0 Å². The van der Waals surface area contributed by atoms with Gasteiger partial charge in [-0.25, -0.2) is 0 Å². The minimum Gasteiger partial charge on any atom is 0 e. The molecule has 0 amide bonds. The van der Waals surface area contributed by atoms with E-state index in [1.807, 2.05) is 0 Å². The van der Waals surface area contributed by atoms with Crippen molar-refractivity contribution in [2.24, 2.45) is 0 Å². The normalized spacial score (nSPS) is 0. The maximum atomic E-state index is 0. The van der Waals surface area contributed by atoms with Crippen LogP contribution in [0.1, 0.15) is 0 Å². The van der Waals surface area contributed by atoms with Gasteiger partial charge in [0.05, 0.1) is 0 Å². The first-order valence-electron chi connectivity index (χ1n) is 0. The summed E-state index contributed by atoms with van der Waals surface area (Å²) in [7, 11) is 0. The van der Waals surface area contributed by atoms with Crippen molar-refractivity contribution in [1.29, 1.82) is 0 Å². The van der Waals surface area contributed by atoms with E-state index in [1.54, 1.807) is 0 Å². The van der Waals surface area contributed by atoms with Gasteiger partial charge in [0, 0.05) is 121 Å². The molecule has 0 bridgehead atoms. The zero-order valence-corrected chi connectivity index (χ0v) is 12.0. The molecule has 37 valence electrons. The second-order valence-electron chi connectivity index (χ2n) is 0. The van der Waals surface area contributed by atoms with Gasteiger partial charge in [0.15, 0.2) is 0 Å². The first kappa shape index (κ1) is 51.7. The average molecular weight is 401 g/mol.